The summed E-state index contributed by atoms with van der Waals surface area (Å²) < 4.78 is 5.42. The highest BCUT2D eigenvalue weighted by Gasteiger charge is 2.28. The molecule has 2 saturated heterocycles. The van der Waals surface area contributed by atoms with Gasteiger partial charge >= 0.3 is 6.09 Å². The Balaban J connectivity index is 1.70. The van der Waals surface area contributed by atoms with Gasteiger partial charge in [0.15, 0.2) is 5.56 Å². The molecule has 27 heavy (non-hydrogen) atoms. The van der Waals surface area contributed by atoms with Crippen molar-refractivity contribution in [1.29, 1.82) is 0 Å². The van der Waals surface area contributed by atoms with Crippen LogP contribution in [0.25, 0.3) is 6.08 Å². The van der Waals surface area contributed by atoms with Crippen LogP contribution in [-0.4, -0.2) is 64.3 Å². The minimum absolute atomic E-state index is 0.294. The highest BCUT2D eigenvalue weighted by Crippen LogP contribution is 2.30. The molecule has 1 aromatic rings. The molecule has 1 aromatic heterocycles. The third-order valence-electron chi connectivity index (χ3n) is 4.05. The van der Waals surface area contributed by atoms with Gasteiger partial charge in [-0.05, 0) is 39.0 Å². The molecule has 2 amide bonds. The number of pyridine rings is 1. The van der Waals surface area contributed by atoms with E-state index in [-0.39, 0.29) is 12.0 Å². The summed E-state index contributed by atoms with van der Waals surface area (Å²) in [5.74, 6) is 0.459. The van der Waals surface area contributed by atoms with E-state index in [0.29, 0.717) is 31.1 Å². The van der Waals surface area contributed by atoms with Gasteiger partial charge in [0.25, 0.3) is 5.91 Å². The van der Waals surface area contributed by atoms with Crippen LogP contribution in [-0.2, 0) is 9.53 Å². The quantitative estimate of drug-likeness (QED) is 0.739. The number of carbonyl (C=O) groups is 2. The normalized spacial score (nSPS) is 22.1. The van der Waals surface area contributed by atoms with Gasteiger partial charge in [-0.2, -0.15) is 0 Å². The predicted molar refractivity (Wildman–Crippen MR) is 104 cm³/mol. The molecule has 1 atom stereocenters. The standard InChI is InChI=1S/C18H24N4O4S/c1-18(2,3)26-17(25)22-9-7-21(8-10-22)14-12(5-4-6-19-14)11-13-15(23)20-16(24)27-13/h4-6,11,16,24H,7-10H2,1-3H3,(H,20,23). The second-order valence-corrected chi connectivity index (χ2v) is 8.44. The van der Waals surface area contributed by atoms with Crippen molar-refractivity contribution >= 4 is 35.7 Å². The first-order chi connectivity index (χ1) is 12.7. The zero-order valence-electron chi connectivity index (χ0n) is 15.6. The van der Waals surface area contributed by atoms with Crippen LogP contribution in [0.3, 0.4) is 0 Å². The van der Waals surface area contributed by atoms with Crippen LogP contribution in [0.5, 0.6) is 0 Å². The summed E-state index contributed by atoms with van der Waals surface area (Å²) in [5, 5.41) is 12.0. The number of hydrogen-bond donors (Lipinski definition) is 2. The maximum absolute atomic E-state index is 12.2. The Labute approximate surface area is 162 Å². The number of anilines is 1. The first-order valence-corrected chi connectivity index (χ1v) is 9.66. The van der Waals surface area contributed by atoms with E-state index in [0.717, 1.165) is 23.1 Å². The predicted octanol–water partition coefficient (Wildman–Crippen LogP) is 1.62. The van der Waals surface area contributed by atoms with Gasteiger partial charge < -0.3 is 25.0 Å². The number of aromatic nitrogens is 1. The molecule has 2 N–H and O–H groups in total. The van der Waals surface area contributed by atoms with E-state index in [1.807, 2.05) is 26.8 Å². The number of aliphatic hydroxyl groups is 1. The van der Waals surface area contributed by atoms with Crippen molar-refractivity contribution in [3.8, 4) is 0 Å². The second kappa shape index (κ2) is 7.77. The maximum atomic E-state index is 12.2. The lowest BCUT2D eigenvalue weighted by atomic mass is 10.2. The van der Waals surface area contributed by atoms with E-state index >= 15 is 0 Å². The smallest absolute Gasteiger partial charge is 0.410 e. The lowest BCUT2D eigenvalue weighted by Gasteiger charge is -2.36. The molecule has 3 rings (SSSR count). The number of nitrogens with zero attached hydrogens (tertiary/aromatic N) is 3. The number of rotatable bonds is 2. The van der Waals surface area contributed by atoms with Gasteiger partial charge in [0.1, 0.15) is 11.4 Å². The average molecular weight is 392 g/mol. The first kappa shape index (κ1) is 19.5. The number of hydrogen-bond acceptors (Lipinski definition) is 7. The Morgan fingerprint density at radius 2 is 2.07 bits per heavy atom. The molecule has 1 unspecified atom stereocenters. The van der Waals surface area contributed by atoms with E-state index in [1.165, 1.54) is 0 Å². The molecule has 0 spiro atoms. The number of thioether (sulfide) groups is 1. The lowest BCUT2D eigenvalue weighted by molar-refractivity contribution is -0.117. The Hall–Kier alpha value is -2.26. The summed E-state index contributed by atoms with van der Waals surface area (Å²) in [6.45, 7) is 7.86. The molecular weight excluding hydrogens is 368 g/mol. The minimum atomic E-state index is -0.916. The van der Waals surface area contributed by atoms with Crippen molar-refractivity contribution < 1.29 is 19.4 Å². The lowest BCUT2D eigenvalue weighted by Crippen LogP contribution is -2.50. The van der Waals surface area contributed by atoms with Crippen LogP contribution in [0.1, 0.15) is 26.3 Å². The molecular formula is C18H24N4O4S. The first-order valence-electron chi connectivity index (χ1n) is 8.78. The molecule has 2 aliphatic rings. The molecule has 0 aromatic carbocycles. The molecule has 3 heterocycles. The highest BCUT2D eigenvalue weighted by molar-refractivity contribution is 8.05. The number of nitrogens with one attached hydrogen (secondary N) is 1. The summed E-state index contributed by atoms with van der Waals surface area (Å²) in [4.78, 5) is 32.8. The van der Waals surface area contributed by atoms with Gasteiger partial charge in [-0.25, -0.2) is 9.78 Å². The third-order valence-corrected chi connectivity index (χ3v) is 4.95. The van der Waals surface area contributed by atoms with Crippen molar-refractivity contribution in [2.45, 2.75) is 31.9 Å². The van der Waals surface area contributed by atoms with Crippen LogP contribution in [0.4, 0.5) is 10.6 Å². The van der Waals surface area contributed by atoms with Crippen molar-refractivity contribution in [2.24, 2.45) is 0 Å². The third kappa shape index (κ3) is 4.92. The SMILES string of the molecule is CC(C)(C)OC(=O)N1CCN(c2ncccc2C=C2SC(O)NC2=O)CC1. The summed E-state index contributed by atoms with van der Waals surface area (Å²) in [5.41, 5.74) is -0.630. The molecule has 2 aliphatic heterocycles. The van der Waals surface area contributed by atoms with Crippen LogP contribution in [0, 0.1) is 0 Å². The average Bonchev–Trinajstić information content (AvgIpc) is 2.91. The van der Waals surface area contributed by atoms with Crippen LogP contribution in [0.15, 0.2) is 23.2 Å². The van der Waals surface area contributed by atoms with Gasteiger partial charge in [0, 0.05) is 37.9 Å². The second-order valence-electron chi connectivity index (χ2n) is 7.32. The van der Waals surface area contributed by atoms with E-state index in [4.69, 9.17) is 4.74 Å². The number of amides is 2. The van der Waals surface area contributed by atoms with Crippen molar-refractivity contribution in [3.05, 3.63) is 28.8 Å². The zero-order valence-corrected chi connectivity index (χ0v) is 16.5. The fraction of sp³-hybridized carbons (Fsp3) is 0.500. The van der Waals surface area contributed by atoms with E-state index in [1.54, 1.807) is 23.2 Å². The number of ether oxygens (including phenoxy) is 1. The highest BCUT2D eigenvalue weighted by atomic mass is 32.2. The van der Waals surface area contributed by atoms with Crippen LogP contribution >= 0.6 is 11.8 Å². The van der Waals surface area contributed by atoms with Gasteiger partial charge in [-0.3, -0.25) is 4.79 Å². The van der Waals surface area contributed by atoms with Crippen molar-refractivity contribution in [3.63, 3.8) is 0 Å². The van der Waals surface area contributed by atoms with Crippen LogP contribution in [0.2, 0.25) is 0 Å². The molecule has 8 nitrogen and oxygen atoms in total. The largest absolute Gasteiger partial charge is 0.444 e. The molecule has 146 valence electrons. The van der Waals surface area contributed by atoms with Crippen molar-refractivity contribution in [1.82, 2.24) is 15.2 Å². The number of piperazine rings is 1. The minimum Gasteiger partial charge on any atom is -0.444 e. The number of carbonyl (C=O) groups excluding carboxylic acids is 2. The molecule has 2 fully saturated rings. The summed E-state index contributed by atoms with van der Waals surface area (Å²) in [6, 6.07) is 3.69. The fourth-order valence-electron chi connectivity index (χ4n) is 2.84. The van der Waals surface area contributed by atoms with Gasteiger partial charge in [0.2, 0.25) is 0 Å². The van der Waals surface area contributed by atoms with Gasteiger partial charge in [-0.15, -0.1) is 0 Å². The molecule has 0 radical (unpaired) electrons. The number of aliphatic hydroxyl groups excluding tert-OH is 1. The molecule has 0 bridgehead atoms. The molecule has 0 saturated carbocycles. The molecule has 9 heteroatoms. The Morgan fingerprint density at radius 1 is 1.37 bits per heavy atom. The summed E-state index contributed by atoms with van der Waals surface area (Å²) in [6.07, 6.45) is 3.13. The zero-order chi connectivity index (χ0) is 19.6. The Kier molecular flexibility index (Phi) is 5.61. The van der Waals surface area contributed by atoms with E-state index < -0.39 is 11.2 Å². The summed E-state index contributed by atoms with van der Waals surface area (Å²) >= 11 is 1.07. The fourth-order valence-corrected chi connectivity index (χ4v) is 3.61. The monoisotopic (exact) mass is 392 g/mol. The van der Waals surface area contributed by atoms with Gasteiger partial charge in [0.05, 0.1) is 4.91 Å². The van der Waals surface area contributed by atoms with Gasteiger partial charge in [-0.1, -0.05) is 11.8 Å². The Morgan fingerprint density at radius 3 is 2.67 bits per heavy atom. The Bertz CT molecular complexity index is 754. The van der Waals surface area contributed by atoms with Crippen molar-refractivity contribution in [2.75, 3.05) is 31.1 Å². The maximum Gasteiger partial charge on any atom is 0.410 e. The van der Waals surface area contributed by atoms with Crippen LogP contribution < -0.4 is 10.2 Å². The topological polar surface area (TPSA) is 95.0 Å². The summed E-state index contributed by atoms with van der Waals surface area (Å²) in [7, 11) is 0. The van der Waals surface area contributed by atoms with E-state index in [2.05, 4.69) is 15.2 Å². The molecule has 0 aliphatic carbocycles. The van der Waals surface area contributed by atoms with E-state index in [9.17, 15) is 14.7 Å².